The molecule has 1 fully saturated rings. The van der Waals surface area contributed by atoms with E-state index in [2.05, 4.69) is 45.9 Å². The number of halogens is 1. The van der Waals surface area contributed by atoms with Crippen molar-refractivity contribution < 1.29 is 14.3 Å². The number of aryl methyl sites for hydroxylation is 1. The van der Waals surface area contributed by atoms with Crippen molar-refractivity contribution in [2.24, 2.45) is 0 Å². The summed E-state index contributed by atoms with van der Waals surface area (Å²) in [6.45, 7) is 0.454. The van der Waals surface area contributed by atoms with E-state index in [1.54, 1.807) is 6.08 Å². The minimum atomic E-state index is -0.321. The number of hydrogen-bond acceptors (Lipinski definition) is 3. The first-order valence-corrected chi connectivity index (χ1v) is 7.45. The van der Waals surface area contributed by atoms with Gasteiger partial charge in [0.2, 0.25) is 0 Å². The molecule has 1 atom stereocenters. The molecule has 1 aliphatic rings. The van der Waals surface area contributed by atoms with E-state index in [4.69, 9.17) is 9.47 Å². The largest absolute Gasteiger partial charge is 0.453 e. The maximum atomic E-state index is 11.0. The van der Waals surface area contributed by atoms with Gasteiger partial charge in [0.05, 0.1) is 6.61 Å². The molecule has 1 aliphatic heterocycles. The van der Waals surface area contributed by atoms with E-state index < -0.39 is 0 Å². The summed E-state index contributed by atoms with van der Waals surface area (Å²) in [6, 6.07) is 10.4. The zero-order valence-electron chi connectivity index (χ0n) is 11.2. The number of cyclic esters (lactones) is 1. The quantitative estimate of drug-likeness (QED) is 0.610. The maximum Gasteiger partial charge on any atom is 0.332 e. The molecule has 0 unspecified atom stereocenters. The Labute approximate surface area is 127 Å². The molecule has 1 saturated heterocycles. The van der Waals surface area contributed by atoms with E-state index >= 15 is 0 Å². The van der Waals surface area contributed by atoms with Gasteiger partial charge in [-0.25, -0.2) is 4.79 Å². The fourth-order valence-electron chi connectivity index (χ4n) is 1.93. The first-order valence-electron chi connectivity index (χ1n) is 6.66. The van der Waals surface area contributed by atoms with Crippen LogP contribution in [0.2, 0.25) is 0 Å². The van der Waals surface area contributed by atoms with Crippen molar-refractivity contribution in [3.05, 3.63) is 52.2 Å². The van der Waals surface area contributed by atoms with E-state index in [1.165, 1.54) is 5.56 Å². The SMILES string of the molecule is O=C1COC[C@H](C=C=C(Br)CCCc2ccccc2)O1. The number of ether oxygens (including phenoxy) is 2. The van der Waals surface area contributed by atoms with E-state index in [0.29, 0.717) is 6.61 Å². The van der Waals surface area contributed by atoms with Crippen LogP contribution in [0.3, 0.4) is 0 Å². The molecule has 106 valence electrons. The van der Waals surface area contributed by atoms with Crippen molar-refractivity contribution in [3.8, 4) is 0 Å². The van der Waals surface area contributed by atoms with Crippen LogP contribution in [-0.2, 0) is 20.7 Å². The van der Waals surface area contributed by atoms with Crippen LogP contribution in [-0.4, -0.2) is 25.3 Å². The smallest absolute Gasteiger partial charge is 0.332 e. The molecule has 0 aromatic heterocycles. The number of carbonyl (C=O) groups is 1. The molecule has 0 spiro atoms. The molecule has 0 bridgehead atoms. The Morgan fingerprint density at radius 2 is 2.20 bits per heavy atom. The molecule has 0 radical (unpaired) electrons. The maximum absolute atomic E-state index is 11.0. The zero-order chi connectivity index (χ0) is 14.2. The van der Waals surface area contributed by atoms with Crippen LogP contribution in [0, 0.1) is 0 Å². The van der Waals surface area contributed by atoms with Gasteiger partial charge in [0, 0.05) is 10.6 Å². The number of carbonyl (C=O) groups excluding carboxylic acids is 1. The summed E-state index contributed by atoms with van der Waals surface area (Å²) in [7, 11) is 0. The van der Waals surface area contributed by atoms with Gasteiger partial charge in [0.15, 0.2) is 6.10 Å². The monoisotopic (exact) mass is 336 g/mol. The predicted molar refractivity (Wildman–Crippen MR) is 80.6 cm³/mol. The van der Waals surface area contributed by atoms with Crippen molar-refractivity contribution in [2.45, 2.75) is 25.4 Å². The lowest BCUT2D eigenvalue weighted by atomic mass is 10.1. The third-order valence-electron chi connectivity index (χ3n) is 2.92. The van der Waals surface area contributed by atoms with Crippen LogP contribution in [0.25, 0.3) is 0 Å². The highest BCUT2D eigenvalue weighted by molar-refractivity contribution is 9.11. The molecular formula is C16H17BrO3. The number of hydrogen-bond donors (Lipinski definition) is 0. The molecule has 0 saturated carbocycles. The Hall–Kier alpha value is -1.35. The van der Waals surface area contributed by atoms with Crippen molar-refractivity contribution >= 4 is 21.9 Å². The first-order chi connectivity index (χ1) is 9.74. The minimum absolute atomic E-state index is 0.0479. The van der Waals surface area contributed by atoms with Gasteiger partial charge < -0.3 is 9.47 Å². The highest BCUT2D eigenvalue weighted by Crippen LogP contribution is 2.14. The van der Waals surface area contributed by atoms with Gasteiger partial charge in [-0.05, 0) is 40.8 Å². The molecule has 20 heavy (non-hydrogen) atoms. The number of benzene rings is 1. The zero-order valence-corrected chi connectivity index (χ0v) is 12.8. The van der Waals surface area contributed by atoms with Crippen molar-refractivity contribution in [1.29, 1.82) is 0 Å². The van der Waals surface area contributed by atoms with Crippen LogP contribution in [0.1, 0.15) is 18.4 Å². The van der Waals surface area contributed by atoms with Gasteiger partial charge in [-0.1, -0.05) is 30.3 Å². The Kier molecular flexibility index (Phi) is 6.06. The van der Waals surface area contributed by atoms with Gasteiger partial charge in [0.25, 0.3) is 0 Å². The van der Waals surface area contributed by atoms with Gasteiger partial charge in [-0.15, -0.1) is 5.73 Å². The molecule has 3 nitrogen and oxygen atoms in total. The third-order valence-corrected chi connectivity index (χ3v) is 3.54. The standard InChI is InChI=1S/C16H17BrO3/c17-14(8-4-7-13-5-2-1-3-6-13)9-10-15-11-19-12-16(18)20-15/h1-3,5-6,10,15H,4,7-8,11-12H2/t9?,15-/m0/s1. The topological polar surface area (TPSA) is 35.5 Å². The second-order valence-electron chi connectivity index (χ2n) is 4.60. The predicted octanol–water partition coefficient (Wildman–Crippen LogP) is 3.39. The molecule has 2 rings (SSSR count). The molecular weight excluding hydrogens is 320 g/mol. The van der Waals surface area contributed by atoms with E-state index in [9.17, 15) is 4.79 Å². The molecule has 1 aromatic carbocycles. The fraction of sp³-hybridized carbons (Fsp3) is 0.375. The molecule has 0 amide bonds. The lowest BCUT2D eigenvalue weighted by molar-refractivity contribution is -0.165. The average Bonchev–Trinajstić information content (AvgIpc) is 2.46. The second kappa shape index (κ2) is 8.05. The minimum Gasteiger partial charge on any atom is -0.453 e. The summed E-state index contributed by atoms with van der Waals surface area (Å²) in [5.41, 5.74) is 4.45. The van der Waals surface area contributed by atoms with Gasteiger partial charge in [0.1, 0.15) is 6.61 Å². The molecule has 0 aliphatic carbocycles. The molecule has 0 N–H and O–H groups in total. The number of esters is 1. The summed E-state index contributed by atoms with van der Waals surface area (Å²) in [5.74, 6) is -0.320. The van der Waals surface area contributed by atoms with Crippen LogP contribution >= 0.6 is 15.9 Å². The average molecular weight is 337 g/mol. The van der Waals surface area contributed by atoms with Gasteiger partial charge in [-0.3, -0.25) is 0 Å². The van der Waals surface area contributed by atoms with E-state index in [0.717, 1.165) is 23.7 Å². The lowest BCUT2D eigenvalue weighted by Crippen LogP contribution is -2.31. The highest BCUT2D eigenvalue weighted by Gasteiger charge is 2.17. The summed E-state index contributed by atoms with van der Waals surface area (Å²) >= 11 is 3.49. The highest BCUT2D eigenvalue weighted by atomic mass is 79.9. The summed E-state index contributed by atoms with van der Waals surface area (Å²) in [5, 5.41) is 0. The van der Waals surface area contributed by atoms with Gasteiger partial charge >= 0.3 is 5.97 Å². The Balaban J connectivity index is 1.77. The molecule has 1 heterocycles. The van der Waals surface area contributed by atoms with Crippen molar-refractivity contribution in [1.82, 2.24) is 0 Å². The summed E-state index contributed by atoms with van der Waals surface area (Å²) in [6.07, 6.45) is 4.42. The fourth-order valence-corrected chi connectivity index (χ4v) is 2.34. The second-order valence-corrected chi connectivity index (χ2v) is 5.56. The molecule has 4 heteroatoms. The van der Waals surface area contributed by atoms with Crippen molar-refractivity contribution in [3.63, 3.8) is 0 Å². The molecule has 1 aromatic rings. The van der Waals surface area contributed by atoms with Crippen LogP contribution in [0.5, 0.6) is 0 Å². The first kappa shape index (κ1) is 15.0. The van der Waals surface area contributed by atoms with Gasteiger partial charge in [-0.2, -0.15) is 0 Å². The van der Waals surface area contributed by atoms with Crippen LogP contribution in [0.15, 0.2) is 46.6 Å². The lowest BCUT2D eigenvalue weighted by Gasteiger charge is -2.18. The summed E-state index contributed by atoms with van der Waals surface area (Å²) < 4.78 is 11.2. The van der Waals surface area contributed by atoms with Crippen LogP contribution in [0.4, 0.5) is 0 Å². The normalized spacial score (nSPS) is 18.1. The van der Waals surface area contributed by atoms with E-state index in [-0.39, 0.29) is 18.7 Å². The Bertz CT molecular complexity index is 504. The number of rotatable bonds is 5. The third kappa shape index (κ3) is 5.33. The van der Waals surface area contributed by atoms with Crippen molar-refractivity contribution in [2.75, 3.05) is 13.2 Å². The van der Waals surface area contributed by atoms with Crippen LogP contribution < -0.4 is 0 Å². The summed E-state index contributed by atoms with van der Waals surface area (Å²) in [4.78, 5) is 11.0. The van der Waals surface area contributed by atoms with E-state index in [1.807, 2.05) is 6.07 Å². The Morgan fingerprint density at radius 3 is 2.95 bits per heavy atom. The Morgan fingerprint density at radius 1 is 1.40 bits per heavy atom.